The van der Waals surface area contributed by atoms with Crippen LogP contribution in [0.25, 0.3) is 0 Å². The number of aromatic nitrogens is 1. The Morgan fingerprint density at radius 1 is 1.48 bits per heavy atom. The largest absolute Gasteiger partial charge is 0.337 e. The van der Waals surface area contributed by atoms with Crippen LogP contribution in [0.1, 0.15) is 41.6 Å². The van der Waals surface area contributed by atoms with Crippen molar-refractivity contribution in [2.24, 2.45) is 5.92 Å². The van der Waals surface area contributed by atoms with Crippen molar-refractivity contribution in [3.8, 4) is 0 Å². The standard InChI is InChI=1S/C15H24N4OS/c1-10-9-17-14(21-10)13(11-3-4-11)18-15(20)16-7-8-19(2)12-5-6-12/h9,11-13H,3-8H2,1-2H3,(H2,16,18,20)/t13-/m0/s1. The van der Waals surface area contributed by atoms with Gasteiger partial charge in [-0.2, -0.15) is 0 Å². The van der Waals surface area contributed by atoms with Crippen LogP contribution in [0.15, 0.2) is 6.20 Å². The predicted molar refractivity (Wildman–Crippen MR) is 84.5 cm³/mol. The number of thiazole rings is 1. The van der Waals surface area contributed by atoms with Crippen LogP contribution in [0.3, 0.4) is 0 Å². The van der Waals surface area contributed by atoms with Crippen LogP contribution >= 0.6 is 11.3 Å². The summed E-state index contributed by atoms with van der Waals surface area (Å²) in [7, 11) is 2.13. The molecule has 0 aliphatic heterocycles. The first-order valence-electron chi connectivity index (χ1n) is 7.80. The Hall–Kier alpha value is -1.14. The zero-order valence-corrected chi connectivity index (χ0v) is 13.6. The first-order chi connectivity index (χ1) is 10.1. The van der Waals surface area contributed by atoms with Crippen molar-refractivity contribution >= 4 is 17.4 Å². The first kappa shape index (κ1) is 14.8. The average Bonchev–Trinajstić information content (AvgIpc) is 3.34. The molecule has 0 aromatic carbocycles. The SMILES string of the molecule is Cc1cnc([C@@H](NC(=O)NCCN(C)C2CC2)C2CC2)s1. The molecule has 1 heterocycles. The molecule has 2 amide bonds. The highest BCUT2D eigenvalue weighted by molar-refractivity contribution is 7.11. The van der Waals surface area contributed by atoms with Gasteiger partial charge < -0.3 is 15.5 Å². The number of nitrogens with one attached hydrogen (secondary N) is 2. The lowest BCUT2D eigenvalue weighted by molar-refractivity contribution is 0.232. The summed E-state index contributed by atoms with van der Waals surface area (Å²) in [6.07, 6.45) is 6.87. The van der Waals surface area contributed by atoms with Gasteiger partial charge in [0.05, 0.1) is 6.04 Å². The molecule has 2 N–H and O–H groups in total. The molecule has 5 nitrogen and oxygen atoms in total. The highest BCUT2D eigenvalue weighted by atomic mass is 32.1. The van der Waals surface area contributed by atoms with Gasteiger partial charge in [-0.05, 0) is 45.6 Å². The Morgan fingerprint density at radius 2 is 2.24 bits per heavy atom. The van der Waals surface area contributed by atoms with E-state index in [1.54, 1.807) is 11.3 Å². The third-order valence-electron chi connectivity index (χ3n) is 4.21. The number of rotatable bonds is 7. The van der Waals surface area contributed by atoms with Crippen LogP contribution in [0.2, 0.25) is 0 Å². The van der Waals surface area contributed by atoms with Gasteiger partial charge in [-0.3, -0.25) is 0 Å². The van der Waals surface area contributed by atoms with E-state index in [1.165, 1.54) is 30.6 Å². The zero-order valence-electron chi connectivity index (χ0n) is 12.8. The Kier molecular flexibility index (Phi) is 4.45. The van der Waals surface area contributed by atoms with E-state index in [0.29, 0.717) is 12.5 Å². The van der Waals surface area contributed by atoms with E-state index >= 15 is 0 Å². The van der Waals surface area contributed by atoms with Crippen LogP contribution in [0, 0.1) is 12.8 Å². The molecule has 0 saturated heterocycles. The number of carbonyl (C=O) groups is 1. The van der Waals surface area contributed by atoms with E-state index in [1.807, 2.05) is 6.20 Å². The van der Waals surface area contributed by atoms with Crippen molar-refractivity contribution in [3.63, 3.8) is 0 Å². The summed E-state index contributed by atoms with van der Waals surface area (Å²) >= 11 is 1.69. The van der Waals surface area contributed by atoms with Gasteiger partial charge in [0.1, 0.15) is 5.01 Å². The fraction of sp³-hybridized carbons (Fsp3) is 0.733. The molecule has 2 fully saturated rings. The van der Waals surface area contributed by atoms with E-state index in [-0.39, 0.29) is 12.1 Å². The topological polar surface area (TPSA) is 57.3 Å². The Balaban J connectivity index is 1.45. The third-order valence-corrected chi connectivity index (χ3v) is 5.20. The van der Waals surface area contributed by atoms with Crippen LogP contribution < -0.4 is 10.6 Å². The van der Waals surface area contributed by atoms with E-state index in [4.69, 9.17) is 0 Å². The number of urea groups is 1. The molecule has 3 rings (SSSR count). The quantitative estimate of drug-likeness (QED) is 0.812. The molecule has 0 bridgehead atoms. The molecule has 2 saturated carbocycles. The molecule has 1 atom stereocenters. The molecule has 21 heavy (non-hydrogen) atoms. The Morgan fingerprint density at radius 3 is 2.81 bits per heavy atom. The van der Waals surface area contributed by atoms with E-state index in [2.05, 4.69) is 34.5 Å². The number of amides is 2. The predicted octanol–water partition coefficient (Wildman–Crippen LogP) is 2.30. The maximum atomic E-state index is 12.1. The second-order valence-corrected chi connectivity index (χ2v) is 7.50. The van der Waals surface area contributed by atoms with Gasteiger partial charge in [-0.25, -0.2) is 9.78 Å². The molecule has 0 radical (unpaired) electrons. The number of carbonyl (C=O) groups excluding carboxylic acids is 1. The van der Waals surface area contributed by atoms with Crippen molar-refractivity contribution in [2.75, 3.05) is 20.1 Å². The monoisotopic (exact) mass is 308 g/mol. The molecular formula is C15H24N4OS. The minimum atomic E-state index is -0.0658. The highest BCUT2D eigenvalue weighted by Gasteiger charge is 2.35. The molecule has 0 spiro atoms. The van der Waals surface area contributed by atoms with Crippen molar-refractivity contribution in [3.05, 3.63) is 16.1 Å². The van der Waals surface area contributed by atoms with E-state index < -0.39 is 0 Å². The summed E-state index contributed by atoms with van der Waals surface area (Å²) in [6.45, 7) is 3.68. The average molecular weight is 308 g/mol. The molecule has 2 aliphatic carbocycles. The highest BCUT2D eigenvalue weighted by Crippen LogP contribution is 2.41. The molecule has 0 unspecified atom stereocenters. The van der Waals surface area contributed by atoms with Gasteiger partial charge >= 0.3 is 6.03 Å². The van der Waals surface area contributed by atoms with Crippen LogP contribution in [0.5, 0.6) is 0 Å². The van der Waals surface area contributed by atoms with Crippen molar-refractivity contribution in [1.29, 1.82) is 0 Å². The fourth-order valence-electron chi connectivity index (χ4n) is 2.56. The molecular weight excluding hydrogens is 284 g/mol. The second kappa shape index (κ2) is 6.32. The summed E-state index contributed by atoms with van der Waals surface area (Å²) in [5, 5.41) is 7.12. The smallest absolute Gasteiger partial charge is 0.315 e. The summed E-state index contributed by atoms with van der Waals surface area (Å²) in [5.41, 5.74) is 0. The van der Waals surface area contributed by atoms with Crippen LogP contribution in [0.4, 0.5) is 4.79 Å². The third kappa shape index (κ3) is 4.17. The summed E-state index contributed by atoms with van der Waals surface area (Å²) in [6, 6.07) is 0.765. The van der Waals surface area contributed by atoms with E-state index in [0.717, 1.165) is 17.6 Å². The van der Waals surface area contributed by atoms with Crippen molar-refractivity contribution < 1.29 is 4.79 Å². The molecule has 2 aliphatic rings. The number of likely N-dealkylation sites (N-methyl/N-ethyl adjacent to an activating group) is 1. The van der Waals surface area contributed by atoms with Crippen LogP contribution in [-0.2, 0) is 0 Å². The minimum Gasteiger partial charge on any atom is -0.337 e. The Labute approximate surface area is 130 Å². The number of hydrogen-bond acceptors (Lipinski definition) is 4. The normalized spacial score (nSPS) is 19.6. The molecule has 116 valence electrons. The van der Waals surface area contributed by atoms with Crippen molar-refractivity contribution in [2.45, 2.75) is 44.7 Å². The van der Waals surface area contributed by atoms with E-state index in [9.17, 15) is 4.79 Å². The van der Waals surface area contributed by atoms with Crippen molar-refractivity contribution in [1.82, 2.24) is 20.5 Å². The fourth-order valence-corrected chi connectivity index (χ4v) is 3.48. The van der Waals surface area contributed by atoms with Gasteiger partial charge in [0, 0.05) is 30.2 Å². The zero-order chi connectivity index (χ0) is 14.8. The molecule has 1 aromatic rings. The van der Waals surface area contributed by atoms with Crippen LogP contribution in [-0.4, -0.2) is 42.1 Å². The van der Waals surface area contributed by atoms with Gasteiger partial charge in [-0.1, -0.05) is 0 Å². The summed E-state index contributed by atoms with van der Waals surface area (Å²) in [4.78, 5) is 20.0. The lowest BCUT2D eigenvalue weighted by Gasteiger charge is -2.18. The lowest BCUT2D eigenvalue weighted by atomic mass is 10.2. The summed E-state index contributed by atoms with van der Waals surface area (Å²) < 4.78 is 0. The second-order valence-electron chi connectivity index (χ2n) is 6.24. The van der Waals surface area contributed by atoms with Gasteiger partial charge in [0.25, 0.3) is 0 Å². The van der Waals surface area contributed by atoms with Gasteiger partial charge in [0.2, 0.25) is 0 Å². The number of nitrogens with zero attached hydrogens (tertiary/aromatic N) is 2. The molecule has 6 heteroatoms. The van der Waals surface area contributed by atoms with Gasteiger partial charge in [-0.15, -0.1) is 11.3 Å². The summed E-state index contributed by atoms with van der Waals surface area (Å²) in [5.74, 6) is 0.565. The lowest BCUT2D eigenvalue weighted by Crippen LogP contribution is -2.42. The maximum Gasteiger partial charge on any atom is 0.315 e. The van der Waals surface area contributed by atoms with Gasteiger partial charge in [0.15, 0.2) is 0 Å². The molecule has 1 aromatic heterocycles. The Bertz CT molecular complexity index is 496. The first-order valence-corrected chi connectivity index (χ1v) is 8.62. The number of hydrogen-bond donors (Lipinski definition) is 2. The number of aryl methyl sites for hydroxylation is 1. The minimum absolute atomic E-state index is 0.0658. The maximum absolute atomic E-state index is 12.1.